The van der Waals surface area contributed by atoms with E-state index < -0.39 is 17.6 Å². The zero-order chi connectivity index (χ0) is 23.6. The molecular weight excluding hydrogens is 435 g/mol. The van der Waals surface area contributed by atoms with E-state index in [9.17, 15) is 22.8 Å². The van der Waals surface area contributed by atoms with Gasteiger partial charge in [0.1, 0.15) is 0 Å². The molecule has 4 aromatic rings. The number of carbonyl (C=O) groups excluding carboxylic acids is 1. The van der Waals surface area contributed by atoms with Crippen LogP contribution in [0.15, 0.2) is 77.9 Å². The fourth-order valence-corrected chi connectivity index (χ4v) is 3.53. The summed E-state index contributed by atoms with van der Waals surface area (Å²) >= 11 is 0. The predicted octanol–water partition coefficient (Wildman–Crippen LogP) is 4.44. The molecule has 0 aliphatic rings. The first-order chi connectivity index (χ1) is 15.8. The normalized spacial score (nSPS) is 11.5. The second-order valence-electron chi connectivity index (χ2n) is 7.44. The number of fused-ring (bicyclic) bond motifs is 1. The second-order valence-corrected chi connectivity index (χ2v) is 7.44. The Kier molecular flexibility index (Phi) is 5.97. The van der Waals surface area contributed by atoms with Crippen molar-refractivity contribution in [2.45, 2.75) is 19.1 Å². The van der Waals surface area contributed by atoms with Gasteiger partial charge < -0.3 is 0 Å². The fourth-order valence-electron chi connectivity index (χ4n) is 3.53. The number of aromatic nitrogens is 2. The van der Waals surface area contributed by atoms with E-state index in [0.29, 0.717) is 24.0 Å². The average Bonchev–Trinajstić information content (AvgIpc) is 2.83. The van der Waals surface area contributed by atoms with Crippen molar-refractivity contribution in [1.82, 2.24) is 15.0 Å². The molecule has 0 atom stereocenters. The number of carbonyl (C=O) groups is 1. The number of alkyl halides is 3. The molecule has 168 valence electrons. The first kappa shape index (κ1) is 22.2. The molecular formula is C24H18F3N3O3. The zero-order valence-electron chi connectivity index (χ0n) is 17.1. The van der Waals surface area contributed by atoms with Crippen LogP contribution in [0.2, 0.25) is 0 Å². The molecule has 9 heteroatoms. The number of nitrogens with one attached hydrogen (secondary N) is 1. The first-order valence-corrected chi connectivity index (χ1v) is 9.96. The Morgan fingerprint density at radius 1 is 1.00 bits per heavy atom. The number of nitrogens with zero attached hydrogens (tertiary/aromatic N) is 2. The SMILES string of the molecule is O=C(NO)c1ccc2ncn(CCc3cccc(-c4ccc(C(F)(F)F)cc4)c3)c(=O)c2c1. The molecule has 0 unspecified atom stereocenters. The maximum atomic E-state index is 12.9. The summed E-state index contributed by atoms with van der Waals surface area (Å²) in [6.07, 6.45) is -2.47. The third-order valence-electron chi connectivity index (χ3n) is 5.30. The number of hydrogen-bond acceptors (Lipinski definition) is 4. The molecule has 0 saturated heterocycles. The number of amides is 1. The third-order valence-corrected chi connectivity index (χ3v) is 5.30. The minimum atomic E-state index is -4.38. The fraction of sp³-hybridized carbons (Fsp3) is 0.125. The van der Waals surface area contributed by atoms with Gasteiger partial charge in [-0.2, -0.15) is 13.2 Å². The van der Waals surface area contributed by atoms with Gasteiger partial charge in [0, 0.05) is 12.1 Å². The molecule has 6 nitrogen and oxygen atoms in total. The molecule has 0 saturated carbocycles. The van der Waals surface area contributed by atoms with E-state index in [1.807, 2.05) is 24.3 Å². The van der Waals surface area contributed by atoms with Gasteiger partial charge in [-0.05, 0) is 53.4 Å². The van der Waals surface area contributed by atoms with Gasteiger partial charge in [-0.1, -0.05) is 36.4 Å². The smallest absolute Gasteiger partial charge is 0.298 e. The predicted molar refractivity (Wildman–Crippen MR) is 116 cm³/mol. The summed E-state index contributed by atoms with van der Waals surface area (Å²) in [6.45, 7) is 0.314. The zero-order valence-corrected chi connectivity index (χ0v) is 17.1. The lowest BCUT2D eigenvalue weighted by Gasteiger charge is -2.10. The number of rotatable bonds is 5. The highest BCUT2D eigenvalue weighted by atomic mass is 19.4. The number of hydrogen-bond donors (Lipinski definition) is 2. The van der Waals surface area contributed by atoms with Crippen LogP contribution in [-0.4, -0.2) is 20.7 Å². The number of halogens is 3. The van der Waals surface area contributed by atoms with Crippen LogP contribution in [0.25, 0.3) is 22.0 Å². The van der Waals surface area contributed by atoms with Gasteiger partial charge in [-0.25, -0.2) is 10.5 Å². The molecule has 2 N–H and O–H groups in total. The van der Waals surface area contributed by atoms with Crippen molar-refractivity contribution in [2.24, 2.45) is 0 Å². The van der Waals surface area contributed by atoms with Crippen molar-refractivity contribution in [2.75, 3.05) is 0 Å². The molecule has 1 aromatic heterocycles. The summed E-state index contributed by atoms with van der Waals surface area (Å²) in [4.78, 5) is 28.7. The van der Waals surface area contributed by atoms with Gasteiger partial charge in [-0.3, -0.25) is 19.4 Å². The Morgan fingerprint density at radius 2 is 1.76 bits per heavy atom. The van der Waals surface area contributed by atoms with Crippen LogP contribution in [0.5, 0.6) is 0 Å². The Balaban J connectivity index is 1.55. The van der Waals surface area contributed by atoms with Crippen molar-refractivity contribution < 1.29 is 23.2 Å². The van der Waals surface area contributed by atoms with Crippen LogP contribution in [0.1, 0.15) is 21.5 Å². The van der Waals surface area contributed by atoms with E-state index in [-0.39, 0.29) is 16.5 Å². The van der Waals surface area contributed by atoms with Crippen molar-refractivity contribution in [3.63, 3.8) is 0 Å². The Morgan fingerprint density at radius 3 is 2.45 bits per heavy atom. The van der Waals surface area contributed by atoms with E-state index in [2.05, 4.69) is 4.98 Å². The lowest BCUT2D eigenvalue weighted by Crippen LogP contribution is -2.23. The maximum absolute atomic E-state index is 12.9. The summed E-state index contributed by atoms with van der Waals surface area (Å²) in [7, 11) is 0. The molecule has 33 heavy (non-hydrogen) atoms. The summed E-state index contributed by atoms with van der Waals surface area (Å²) < 4.78 is 39.8. The highest BCUT2D eigenvalue weighted by molar-refractivity contribution is 5.97. The first-order valence-electron chi connectivity index (χ1n) is 9.96. The molecule has 1 heterocycles. The highest BCUT2D eigenvalue weighted by Crippen LogP contribution is 2.31. The lowest BCUT2D eigenvalue weighted by atomic mass is 10.0. The van der Waals surface area contributed by atoms with Crippen molar-refractivity contribution in [3.8, 4) is 11.1 Å². The number of aryl methyl sites for hydroxylation is 2. The third kappa shape index (κ3) is 4.78. The van der Waals surface area contributed by atoms with E-state index in [1.165, 1.54) is 46.7 Å². The molecule has 0 fully saturated rings. The van der Waals surface area contributed by atoms with Crippen LogP contribution in [0.4, 0.5) is 13.2 Å². The molecule has 0 radical (unpaired) electrons. The van der Waals surface area contributed by atoms with E-state index >= 15 is 0 Å². The summed E-state index contributed by atoms with van der Waals surface area (Å²) in [6, 6.07) is 16.7. The van der Waals surface area contributed by atoms with Gasteiger partial charge >= 0.3 is 6.18 Å². The van der Waals surface area contributed by atoms with Crippen molar-refractivity contribution in [1.29, 1.82) is 0 Å². The number of benzene rings is 3. The Hall–Kier alpha value is -3.98. The summed E-state index contributed by atoms with van der Waals surface area (Å²) in [5.41, 5.74) is 3.38. The minimum Gasteiger partial charge on any atom is -0.298 e. The molecule has 4 rings (SSSR count). The topological polar surface area (TPSA) is 84.2 Å². The van der Waals surface area contributed by atoms with Gasteiger partial charge in [0.2, 0.25) is 0 Å². The number of hydroxylamine groups is 1. The van der Waals surface area contributed by atoms with E-state index in [4.69, 9.17) is 5.21 Å². The van der Waals surface area contributed by atoms with Crippen LogP contribution in [-0.2, 0) is 19.1 Å². The van der Waals surface area contributed by atoms with Crippen LogP contribution >= 0.6 is 0 Å². The van der Waals surface area contributed by atoms with Gasteiger partial charge in [-0.15, -0.1) is 0 Å². The van der Waals surface area contributed by atoms with Crippen LogP contribution in [0, 0.1) is 0 Å². The Labute approximate surface area is 185 Å². The lowest BCUT2D eigenvalue weighted by molar-refractivity contribution is -0.137. The molecule has 3 aromatic carbocycles. The molecule has 0 spiro atoms. The molecule has 0 aliphatic heterocycles. The monoisotopic (exact) mass is 453 g/mol. The van der Waals surface area contributed by atoms with Crippen molar-refractivity contribution >= 4 is 16.8 Å². The quantitative estimate of drug-likeness (QED) is 0.346. The second kappa shape index (κ2) is 8.87. The van der Waals surface area contributed by atoms with Gasteiger partial charge in [0.15, 0.2) is 0 Å². The van der Waals surface area contributed by atoms with E-state index in [0.717, 1.165) is 23.3 Å². The minimum absolute atomic E-state index is 0.130. The average molecular weight is 453 g/mol. The maximum Gasteiger partial charge on any atom is 0.416 e. The summed E-state index contributed by atoms with van der Waals surface area (Å²) in [5, 5.41) is 9.05. The largest absolute Gasteiger partial charge is 0.416 e. The molecule has 1 amide bonds. The van der Waals surface area contributed by atoms with E-state index in [1.54, 1.807) is 0 Å². The highest BCUT2D eigenvalue weighted by Gasteiger charge is 2.29. The van der Waals surface area contributed by atoms with Crippen molar-refractivity contribution in [3.05, 3.63) is 100 Å². The van der Waals surface area contributed by atoms with Gasteiger partial charge in [0.25, 0.3) is 11.5 Å². The molecule has 0 aliphatic carbocycles. The Bertz CT molecular complexity index is 1380. The molecule has 0 bridgehead atoms. The van der Waals surface area contributed by atoms with Gasteiger partial charge in [0.05, 0.1) is 22.8 Å². The van der Waals surface area contributed by atoms with Crippen LogP contribution < -0.4 is 11.0 Å². The summed E-state index contributed by atoms with van der Waals surface area (Å²) in [5.74, 6) is -0.730. The van der Waals surface area contributed by atoms with Crippen LogP contribution in [0.3, 0.4) is 0 Å². The standard InChI is InChI=1S/C24H18F3N3O3/c25-24(26,27)19-7-4-16(5-8-19)17-3-1-2-15(12-17)10-11-30-14-28-21-9-6-18(22(31)29-33)13-20(21)23(30)32/h1-9,12-14,33H,10-11H2,(H,29,31).